The molecule has 1 fully saturated rings. The molecule has 8 heteroatoms. The number of likely N-dealkylation sites (tertiary alicyclic amines) is 1. The van der Waals surface area contributed by atoms with Gasteiger partial charge in [0.25, 0.3) is 5.91 Å². The Hall–Kier alpha value is -3.49. The van der Waals surface area contributed by atoms with Gasteiger partial charge >= 0.3 is 0 Å². The quantitative estimate of drug-likeness (QED) is 0.273. The first-order valence-corrected chi connectivity index (χ1v) is 13.3. The van der Waals surface area contributed by atoms with Crippen LogP contribution in [-0.2, 0) is 11.2 Å². The standard InChI is InChI=1S/C30H38N4O4/c1-21(2)20-34-15-13-30(14-16-34,19-28(35)33-37)32-29(36)23-8-10-25(11-9-23)38-17-12-24-18-22(3)31-27-7-5-4-6-26(24)27/h4-11,18,21,37H,12-17,19-20H2,1-3H3,(H,32,36)(H,33,35). The number of hydrogen-bond acceptors (Lipinski definition) is 6. The predicted octanol–water partition coefficient (Wildman–Crippen LogP) is 4.28. The number of nitrogens with zero attached hydrogens (tertiary/aromatic N) is 2. The number of ether oxygens (including phenoxy) is 1. The molecule has 2 heterocycles. The second kappa shape index (κ2) is 12.4. The van der Waals surface area contributed by atoms with Crippen molar-refractivity contribution in [2.24, 2.45) is 5.92 Å². The second-order valence-electron chi connectivity index (χ2n) is 10.7. The van der Waals surface area contributed by atoms with Gasteiger partial charge in [0.1, 0.15) is 5.75 Å². The van der Waals surface area contributed by atoms with E-state index in [-0.39, 0.29) is 12.3 Å². The van der Waals surface area contributed by atoms with Crippen LogP contribution in [0.2, 0.25) is 0 Å². The minimum absolute atomic E-state index is 0.0368. The normalized spacial score (nSPS) is 15.4. The zero-order valence-corrected chi connectivity index (χ0v) is 22.5. The van der Waals surface area contributed by atoms with Crippen LogP contribution in [0.25, 0.3) is 10.9 Å². The number of carbonyl (C=O) groups excluding carboxylic acids is 2. The molecule has 202 valence electrons. The Labute approximate surface area is 224 Å². The van der Waals surface area contributed by atoms with Crippen molar-refractivity contribution in [3.8, 4) is 5.75 Å². The highest BCUT2D eigenvalue weighted by Gasteiger charge is 2.38. The molecule has 1 aliphatic rings. The monoisotopic (exact) mass is 518 g/mol. The number of hydrogen-bond donors (Lipinski definition) is 3. The number of pyridine rings is 1. The number of amides is 2. The maximum atomic E-state index is 13.1. The van der Waals surface area contributed by atoms with E-state index in [9.17, 15) is 9.59 Å². The van der Waals surface area contributed by atoms with Crippen LogP contribution in [-0.4, -0.2) is 58.7 Å². The SMILES string of the molecule is Cc1cc(CCOc2ccc(C(=O)NC3(CC(=O)NO)CCN(CC(C)C)CC3)cc2)c2ccccc2n1. The van der Waals surface area contributed by atoms with Crippen LogP contribution in [0.1, 0.15) is 54.7 Å². The summed E-state index contributed by atoms with van der Waals surface area (Å²) in [6.07, 6.45) is 2.07. The number of piperidine rings is 1. The van der Waals surface area contributed by atoms with Gasteiger partial charge in [-0.3, -0.25) is 19.8 Å². The van der Waals surface area contributed by atoms with Gasteiger partial charge in [-0.1, -0.05) is 32.0 Å². The minimum Gasteiger partial charge on any atom is -0.493 e. The van der Waals surface area contributed by atoms with Crippen molar-refractivity contribution in [3.05, 3.63) is 71.4 Å². The van der Waals surface area contributed by atoms with E-state index >= 15 is 0 Å². The van der Waals surface area contributed by atoms with E-state index in [0.717, 1.165) is 42.7 Å². The molecule has 38 heavy (non-hydrogen) atoms. The van der Waals surface area contributed by atoms with Gasteiger partial charge in [-0.25, -0.2) is 5.48 Å². The highest BCUT2D eigenvalue weighted by atomic mass is 16.5. The number of fused-ring (bicyclic) bond motifs is 1. The fourth-order valence-corrected chi connectivity index (χ4v) is 5.27. The fraction of sp³-hybridized carbons (Fsp3) is 0.433. The summed E-state index contributed by atoms with van der Waals surface area (Å²) < 4.78 is 5.98. The number of carbonyl (C=O) groups is 2. The van der Waals surface area contributed by atoms with Crippen LogP contribution in [0.3, 0.4) is 0 Å². The summed E-state index contributed by atoms with van der Waals surface area (Å²) in [5.41, 5.74) is 4.69. The van der Waals surface area contributed by atoms with Crippen LogP contribution < -0.4 is 15.5 Å². The molecule has 0 spiro atoms. The molecule has 1 saturated heterocycles. The molecule has 0 bridgehead atoms. The Kier molecular flexibility index (Phi) is 8.97. The number of aryl methyl sites for hydroxylation is 1. The maximum Gasteiger partial charge on any atom is 0.251 e. The van der Waals surface area contributed by atoms with Gasteiger partial charge in [0, 0.05) is 42.7 Å². The number of hydroxylamine groups is 1. The molecule has 0 unspecified atom stereocenters. The largest absolute Gasteiger partial charge is 0.493 e. The Balaban J connectivity index is 1.36. The molecular weight excluding hydrogens is 480 g/mol. The summed E-state index contributed by atoms with van der Waals surface area (Å²) in [4.78, 5) is 32.2. The molecule has 1 aliphatic heterocycles. The average Bonchev–Trinajstić information content (AvgIpc) is 2.90. The summed E-state index contributed by atoms with van der Waals surface area (Å²) in [5, 5.41) is 13.3. The molecule has 8 nitrogen and oxygen atoms in total. The van der Waals surface area contributed by atoms with Crippen LogP contribution in [0.4, 0.5) is 0 Å². The van der Waals surface area contributed by atoms with Crippen molar-refractivity contribution in [1.29, 1.82) is 0 Å². The van der Waals surface area contributed by atoms with E-state index in [1.165, 1.54) is 5.56 Å². The van der Waals surface area contributed by atoms with E-state index in [4.69, 9.17) is 9.94 Å². The predicted molar refractivity (Wildman–Crippen MR) is 147 cm³/mol. The van der Waals surface area contributed by atoms with E-state index in [0.29, 0.717) is 36.7 Å². The van der Waals surface area contributed by atoms with Crippen molar-refractivity contribution in [1.82, 2.24) is 20.7 Å². The lowest BCUT2D eigenvalue weighted by molar-refractivity contribution is -0.131. The first-order chi connectivity index (χ1) is 18.3. The van der Waals surface area contributed by atoms with Crippen molar-refractivity contribution < 1.29 is 19.5 Å². The van der Waals surface area contributed by atoms with Crippen molar-refractivity contribution in [3.63, 3.8) is 0 Å². The van der Waals surface area contributed by atoms with Gasteiger partial charge in [-0.2, -0.15) is 0 Å². The Morgan fingerprint density at radius 2 is 1.82 bits per heavy atom. The van der Waals surface area contributed by atoms with Gasteiger partial charge in [0.2, 0.25) is 5.91 Å². The Bertz CT molecular complexity index is 1250. The van der Waals surface area contributed by atoms with Gasteiger partial charge < -0.3 is 15.0 Å². The summed E-state index contributed by atoms with van der Waals surface area (Å²) in [7, 11) is 0. The second-order valence-corrected chi connectivity index (χ2v) is 10.7. The van der Waals surface area contributed by atoms with Gasteiger partial charge in [-0.15, -0.1) is 0 Å². The number of nitrogens with one attached hydrogen (secondary N) is 2. The molecule has 0 saturated carbocycles. The lowest BCUT2D eigenvalue weighted by atomic mass is 9.83. The van der Waals surface area contributed by atoms with Crippen LogP contribution in [0.15, 0.2) is 54.6 Å². The van der Waals surface area contributed by atoms with Crippen molar-refractivity contribution in [2.45, 2.75) is 52.0 Å². The van der Waals surface area contributed by atoms with Crippen LogP contribution >= 0.6 is 0 Å². The van der Waals surface area contributed by atoms with E-state index in [2.05, 4.69) is 41.2 Å². The van der Waals surface area contributed by atoms with E-state index in [1.807, 2.05) is 25.1 Å². The topological polar surface area (TPSA) is 104 Å². The van der Waals surface area contributed by atoms with Crippen molar-refractivity contribution in [2.75, 3.05) is 26.2 Å². The molecule has 0 aliphatic carbocycles. The smallest absolute Gasteiger partial charge is 0.251 e. The van der Waals surface area contributed by atoms with E-state index in [1.54, 1.807) is 29.7 Å². The van der Waals surface area contributed by atoms with Crippen molar-refractivity contribution >= 4 is 22.7 Å². The number of para-hydroxylation sites is 1. The summed E-state index contributed by atoms with van der Waals surface area (Å²) in [6.45, 7) is 9.42. The Morgan fingerprint density at radius 3 is 2.50 bits per heavy atom. The molecule has 2 aromatic carbocycles. The molecule has 3 aromatic rings. The summed E-state index contributed by atoms with van der Waals surface area (Å²) in [6, 6.07) is 17.3. The minimum atomic E-state index is -0.696. The highest BCUT2D eigenvalue weighted by molar-refractivity contribution is 5.95. The van der Waals surface area contributed by atoms with Crippen LogP contribution in [0.5, 0.6) is 5.75 Å². The first-order valence-electron chi connectivity index (χ1n) is 13.3. The number of aromatic nitrogens is 1. The molecule has 3 N–H and O–H groups in total. The molecule has 4 rings (SSSR count). The van der Waals surface area contributed by atoms with E-state index < -0.39 is 11.4 Å². The zero-order valence-electron chi connectivity index (χ0n) is 22.5. The first kappa shape index (κ1) is 27.5. The third-order valence-electron chi connectivity index (χ3n) is 7.13. The lowest BCUT2D eigenvalue weighted by Crippen LogP contribution is -2.57. The van der Waals surface area contributed by atoms with Gasteiger partial charge in [0.05, 0.1) is 24.1 Å². The molecule has 1 aromatic heterocycles. The molecular formula is C30H38N4O4. The number of benzene rings is 2. The maximum absolute atomic E-state index is 13.1. The third-order valence-corrected chi connectivity index (χ3v) is 7.13. The fourth-order valence-electron chi connectivity index (χ4n) is 5.27. The molecule has 0 radical (unpaired) electrons. The highest BCUT2D eigenvalue weighted by Crippen LogP contribution is 2.27. The summed E-state index contributed by atoms with van der Waals surface area (Å²) >= 11 is 0. The lowest BCUT2D eigenvalue weighted by Gasteiger charge is -2.42. The van der Waals surface area contributed by atoms with Gasteiger partial charge in [0.15, 0.2) is 0 Å². The Morgan fingerprint density at radius 1 is 1.11 bits per heavy atom. The third kappa shape index (κ3) is 7.08. The average molecular weight is 519 g/mol. The van der Waals surface area contributed by atoms with Gasteiger partial charge in [-0.05, 0) is 67.6 Å². The summed E-state index contributed by atoms with van der Waals surface area (Å²) in [5.74, 6) is 0.501. The van der Waals surface area contributed by atoms with Crippen LogP contribution in [0, 0.1) is 12.8 Å². The molecule has 0 atom stereocenters. The molecule has 2 amide bonds. The number of rotatable bonds is 10. The zero-order chi connectivity index (χ0) is 27.1.